The monoisotopic (exact) mass is 362 g/mol. The first-order valence-electron chi connectivity index (χ1n) is 7.43. The third kappa shape index (κ3) is 3.00. The topological polar surface area (TPSA) is 74.8 Å². The number of nitrogens with zero attached hydrogens (tertiary/aromatic N) is 2. The summed E-state index contributed by atoms with van der Waals surface area (Å²) in [5.41, 5.74) is 0.690. The lowest BCUT2D eigenvalue weighted by Gasteiger charge is -2.27. The van der Waals surface area contributed by atoms with Gasteiger partial charge in [0, 0.05) is 6.26 Å². The van der Waals surface area contributed by atoms with Gasteiger partial charge < -0.3 is 0 Å². The first kappa shape index (κ1) is 17.1. The van der Waals surface area contributed by atoms with Crippen LogP contribution in [0.4, 0.5) is 15.8 Å². The fourth-order valence-electron chi connectivity index (χ4n) is 2.57. The second-order valence-electron chi connectivity index (χ2n) is 5.76. The molecule has 0 aliphatic carbocycles. The normalized spacial score (nSPS) is 18.1. The first-order valence-corrected chi connectivity index (χ1v) is 9.33. The zero-order valence-corrected chi connectivity index (χ0v) is 14.3. The predicted octanol–water partition coefficient (Wildman–Crippen LogP) is 2.16. The molecule has 0 radical (unpaired) electrons. The lowest BCUT2D eigenvalue weighted by atomic mass is 10.1. The summed E-state index contributed by atoms with van der Waals surface area (Å²) >= 11 is 0. The molecule has 0 spiro atoms. The molecule has 25 heavy (non-hydrogen) atoms. The summed E-state index contributed by atoms with van der Waals surface area (Å²) in [5.74, 6) is -2.23. The number of rotatable bonds is 3. The molecule has 0 aromatic heterocycles. The van der Waals surface area contributed by atoms with Crippen molar-refractivity contribution < 1.29 is 22.4 Å². The molecular formula is C17H15FN2O4S. The number of anilines is 2. The lowest BCUT2D eigenvalue weighted by Crippen LogP contribution is -2.41. The van der Waals surface area contributed by atoms with E-state index in [2.05, 4.69) is 0 Å². The van der Waals surface area contributed by atoms with Crippen LogP contribution in [0.15, 0.2) is 53.4 Å². The van der Waals surface area contributed by atoms with Crippen molar-refractivity contribution in [2.75, 3.05) is 16.3 Å². The van der Waals surface area contributed by atoms with E-state index in [0.717, 1.165) is 6.26 Å². The molecule has 2 aromatic carbocycles. The Morgan fingerprint density at radius 1 is 0.840 bits per heavy atom. The van der Waals surface area contributed by atoms with Crippen LogP contribution in [-0.4, -0.2) is 26.5 Å². The predicted molar refractivity (Wildman–Crippen MR) is 90.1 cm³/mol. The summed E-state index contributed by atoms with van der Waals surface area (Å²) in [5, 5.41) is 2.34. The van der Waals surface area contributed by atoms with Gasteiger partial charge in [-0.05, 0) is 55.5 Å². The van der Waals surface area contributed by atoms with Gasteiger partial charge in [0.25, 0.3) is 11.8 Å². The summed E-state index contributed by atoms with van der Waals surface area (Å²) in [6.45, 7) is 1.49. The Bertz CT molecular complexity index is 940. The highest BCUT2D eigenvalue weighted by Gasteiger charge is 2.44. The fraction of sp³-hybridized carbons (Fsp3) is 0.176. The maximum atomic E-state index is 13.2. The third-order valence-corrected chi connectivity index (χ3v) is 5.07. The Hall–Kier alpha value is -2.74. The van der Waals surface area contributed by atoms with Crippen LogP contribution >= 0.6 is 0 Å². The van der Waals surface area contributed by atoms with Gasteiger partial charge in [0.1, 0.15) is 11.7 Å². The van der Waals surface area contributed by atoms with Crippen LogP contribution < -0.4 is 10.0 Å². The van der Waals surface area contributed by atoms with Crippen LogP contribution in [0.25, 0.3) is 0 Å². The smallest absolute Gasteiger partial charge is 0.258 e. The minimum atomic E-state index is -3.37. The first-order chi connectivity index (χ1) is 11.7. The van der Waals surface area contributed by atoms with Crippen molar-refractivity contribution in [1.29, 1.82) is 0 Å². The van der Waals surface area contributed by atoms with E-state index in [-0.39, 0.29) is 4.90 Å². The summed E-state index contributed by atoms with van der Waals surface area (Å²) in [7, 11) is -3.37. The average molecular weight is 362 g/mol. The summed E-state index contributed by atoms with van der Waals surface area (Å²) in [6, 6.07) is 10.8. The molecule has 1 atom stereocenters. The standard InChI is InChI=1S/C17H15FN2O4S/c1-11-16(21)19(13-5-3-12(18)4-6-13)20(17(11)22)14-7-9-15(10-8-14)25(2,23)24/h3-11H,1-2H3. The highest BCUT2D eigenvalue weighted by Crippen LogP contribution is 2.32. The molecule has 1 fully saturated rings. The molecule has 1 aliphatic heterocycles. The SMILES string of the molecule is CC1C(=O)N(c2ccc(F)cc2)N(c2ccc(S(C)(=O)=O)cc2)C1=O. The molecule has 1 heterocycles. The molecule has 2 aromatic rings. The molecule has 0 N–H and O–H groups in total. The fourth-order valence-corrected chi connectivity index (χ4v) is 3.20. The number of hydrogen-bond donors (Lipinski definition) is 0. The minimum Gasteiger partial charge on any atom is -0.272 e. The van der Waals surface area contributed by atoms with Gasteiger partial charge in [0.15, 0.2) is 9.84 Å². The van der Waals surface area contributed by atoms with Gasteiger partial charge in [-0.25, -0.2) is 22.8 Å². The molecule has 2 amide bonds. The molecule has 6 nitrogen and oxygen atoms in total. The van der Waals surface area contributed by atoms with Crippen LogP contribution in [0.5, 0.6) is 0 Å². The molecule has 1 saturated heterocycles. The van der Waals surface area contributed by atoms with Crippen LogP contribution in [0, 0.1) is 11.7 Å². The molecule has 8 heteroatoms. The van der Waals surface area contributed by atoms with Crippen molar-refractivity contribution in [3.05, 3.63) is 54.3 Å². The molecule has 3 rings (SSSR count). The number of amides is 2. The molecule has 0 bridgehead atoms. The van der Waals surface area contributed by atoms with Crippen molar-refractivity contribution in [3.8, 4) is 0 Å². The maximum Gasteiger partial charge on any atom is 0.258 e. The van der Waals surface area contributed by atoms with Gasteiger partial charge in [-0.2, -0.15) is 0 Å². The van der Waals surface area contributed by atoms with Gasteiger partial charge in [0.05, 0.1) is 16.3 Å². The molecular weight excluding hydrogens is 347 g/mol. The number of sulfone groups is 1. The van der Waals surface area contributed by atoms with Crippen molar-refractivity contribution >= 4 is 33.0 Å². The van der Waals surface area contributed by atoms with E-state index in [4.69, 9.17) is 0 Å². The molecule has 130 valence electrons. The van der Waals surface area contributed by atoms with Crippen LogP contribution in [-0.2, 0) is 19.4 Å². The van der Waals surface area contributed by atoms with E-state index in [1.54, 1.807) is 0 Å². The van der Waals surface area contributed by atoms with Crippen molar-refractivity contribution in [1.82, 2.24) is 0 Å². The number of hydrazine groups is 1. The highest BCUT2D eigenvalue weighted by atomic mass is 32.2. The number of carbonyl (C=O) groups excluding carboxylic acids is 2. The number of carbonyl (C=O) groups is 2. The third-order valence-electron chi connectivity index (χ3n) is 3.94. The summed E-state index contributed by atoms with van der Waals surface area (Å²) in [6.07, 6.45) is 1.08. The van der Waals surface area contributed by atoms with E-state index in [9.17, 15) is 22.4 Å². The van der Waals surface area contributed by atoms with Gasteiger partial charge in [-0.3, -0.25) is 9.59 Å². The quantitative estimate of drug-likeness (QED) is 0.784. The van der Waals surface area contributed by atoms with E-state index in [1.165, 1.54) is 65.5 Å². The minimum absolute atomic E-state index is 0.107. The average Bonchev–Trinajstić information content (AvgIpc) is 2.79. The number of halogens is 1. The van der Waals surface area contributed by atoms with Gasteiger partial charge in [-0.1, -0.05) is 0 Å². The molecule has 1 aliphatic rings. The Morgan fingerprint density at radius 2 is 1.24 bits per heavy atom. The largest absolute Gasteiger partial charge is 0.272 e. The van der Waals surface area contributed by atoms with Crippen LogP contribution in [0.1, 0.15) is 6.92 Å². The van der Waals surface area contributed by atoms with Crippen molar-refractivity contribution in [2.24, 2.45) is 5.92 Å². The van der Waals surface area contributed by atoms with E-state index >= 15 is 0 Å². The van der Waals surface area contributed by atoms with E-state index < -0.39 is 33.4 Å². The van der Waals surface area contributed by atoms with Gasteiger partial charge >= 0.3 is 0 Å². The number of benzene rings is 2. The molecule has 0 saturated carbocycles. The summed E-state index contributed by atoms with van der Waals surface area (Å²) in [4.78, 5) is 25.1. The van der Waals surface area contributed by atoms with Crippen LogP contribution in [0.2, 0.25) is 0 Å². The second-order valence-corrected chi connectivity index (χ2v) is 7.78. The highest BCUT2D eigenvalue weighted by molar-refractivity contribution is 7.90. The zero-order valence-electron chi connectivity index (χ0n) is 13.5. The van der Waals surface area contributed by atoms with Gasteiger partial charge in [-0.15, -0.1) is 0 Å². The number of hydrogen-bond acceptors (Lipinski definition) is 4. The Morgan fingerprint density at radius 3 is 1.64 bits per heavy atom. The maximum absolute atomic E-state index is 13.2. The Labute approximate surface area is 144 Å². The lowest BCUT2D eigenvalue weighted by molar-refractivity contribution is -0.126. The summed E-state index contributed by atoms with van der Waals surface area (Å²) < 4.78 is 36.3. The Kier molecular flexibility index (Phi) is 4.08. The second kappa shape index (κ2) is 5.96. The van der Waals surface area contributed by atoms with Crippen molar-refractivity contribution in [2.45, 2.75) is 11.8 Å². The Balaban J connectivity index is 2.06. The van der Waals surface area contributed by atoms with E-state index in [1.807, 2.05) is 0 Å². The zero-order chi connectivity index (χ0) is 18.4. The van der Waals surface area contributed by atoms with E-state index in [0.29, 0.717) is 11.4 Å². The van der Waals surface area contributed by atoms with Crippen LogP contribution in [0.3, 0.4) is 0 Å². The molecule has 1 unspecified atom stereocenters. The van der Waals surface area contributed by atoms with Crippen molar-refractivity contribution in [3.63, 3.8) is 0 Å². The van der Waals surface area contributed by atoms with Gasteiger partial charge in [0.2, 0.25) is 0 Å².